The average molecular weight is 508 g/mol. The lowest BCUT2D eigenvalue weighted by atomic mass is 9.87. The van der Waals surface area contributed by atoms with Crippen molar-refractivity contribution < 1.29 is 23.6 Å². The Balaban J connectivity index is 1.75. The van der Waals surface area contributed by atoms with Crippen molar-refractivity contribution in [3.05, 3.63) is 59.0 Å². The molecule has 1 aromatic heterocycles. The Bertz CT molecular complexity index is 1160. The van der Waals surface area contributed by atoms with Crippen molar-refractivity contribution in [2.45, 2.75) is 71.5 Å². The summed E-state index contributed by atoms with van der Waals surface area (Å²) < 4.78 is 5.84. The number of ketones is 1. The molecule has 2 aliphatic rings. The molecule has 1 fully saturated rings. The van der Waals surface area contributed by atoms with Crippen molar-refractivity contribution in [1.82, 2.24) is 15.5 Å². The van der Waals surface area contributed by atoms with Crippen LogP contribution in [0.15, 0.2) is 40.8 Å². The molecular weight excluding hydrogens is 470 g/mol. The number of hydrogen-bond donors (Lipinski definition) is 2. The number of rotatable bonds is 9. The van der Waals surface area contributed by atoms with Crippen molar-refractivity contribution in [2.24, 2.45) is 17.8 Å². The maximum atomic E-state index is 14.2. The molecule has 3 atom stereocenters. The van der Waals surface area contributed by atoms with Gasteiger partial charge in [0.2, 0.25) is 11.8 Å². The highest BCUT2D eigenvalue weighted by atomic mass is 16.4. The number of carbonyl (C=O) groups excluding carboxylic acids is 4. The van der Waals surface area contributed by atoms with Gasteiger partial charge in [0.05, 0.1) is 0 Å². The number of amides is 3. The second-order valence-electron chi connectivity index (χ2n) is 11.1. The number of piperazine rings is 1. The lowest BCUT2D eigenvalue weighted by Crippen LogP contribution is -2.66. The Morgan fingerprint density at radius 3 is 2.24 bits per heavy atom. The predicted molar refractivity (Wildman–Crippen MR) is 139 cm³/mol. The molecule has 1 aliphatic carbocycles. The van der Waals surface area contributed by atoms with E-state index < -0.39 is 24.0 Å². The largest absolute Gasteiger partial charge is 0.453 e. The standard InChI is InChI=1S/C29H37N3O5/c1-16(2)12-21-27(34)31-25(20-14-18-8-6-7-9-19(18)15-20)29(36)32(21)26(22(33)13-17(3)4)23-10-11-24(37-23)28(35)30-5/h6-11,16-17,20-21,25-26H,12-15H2,1-5H3,(H,30,35)(H,31,34)/t21-,25-,26+/m1/s1. The zero-order valence-corrected chi connectivity index (χ0v) is 22.2. The summed E-state index contributed by atoms with van der Waals surface area (Å²) in [6.45, 7) is 7.83. The highest BCUT2D eigenvalue weighted by Gasteiger charge is 2.50. The molecule has 1 saturated heterocycles. The molecule has 0 unspecified atom stereocenters. The van der Waals surface area contributed by atoms with E-state index in [1.165, 1.54) is 29.1 Å². The van der Waals surface area contributed by atoms with E-state index >= 15 is 0 Å². The van der Waals surface area contributed by atoms with Crippen LogP contribution in [0.2, 0.25) is 0 Å². The summed E-state index contributed by atoms with van der Waals surface area (Å²) in [5, 5.41) is 5.53. The van der Waals surface area contributed by atoms with E-state index in [9.17, 15) is 19.2 Å². The molecule has 2 heterocycles. The van der Waals surface area contributed by atoms with E-state index in [0.29, 0.717) is 19.3 Å². The van der Waals surface area contributed by atoms with Gasteiger partial charge >= 0.3 is 0 Å². The first-order valence-electron chi connectivity index (χ1n) is 13.1. The molecule has 2 N–H and O–H groups in total. The Labute approximate surface area is 218 Å². The summed E-state index contributed by atoms with van der Waals surface area (Å²) in [6.07, 6.45) is 1.98. The number of benzene rings is 1. The first kappa shape index (κ1) is 26.6. The summed E-state index contributed by atoms with van der Waals surface area (Å²) in [7, 11) is 1.49. The van der Waals surface area contributed by atoms with E-state index in [-0.39, 0.29) is 53.3 Å². The van der Waals surface area contributed by atoms with E-state index in [1.807, 2.05) is 39.8 Å². The minimum atomic E-state index is -1.09. The molecule has 198 valence electrons. The van der Waals surface area contributed by atoms with Crippen molar-refractivity contribution >= 4 is 23.5 Å². The van der Waals surface area contributed by atoms with E-state index in [2.05, 4.69) is 22.8 Å². The molecule has 2 aromatic rings. The van der Waals surface area contributed by atoms with Crippen LogP contribution in [0.3, 0.4) is 0 Å². The Morgan fingerprint density at radius 1 is 1.03 bits per heavy atom. The number of carbonyl (C=O) groups is 4. The van der Waals surface area contributed by atoms with Crippen molar-refractivity contribution in [1.29, 1.82) is 0 Å². The second kappa shape index (κ2) is 10.9. The Morgan fingerprint density at radius 2 is 1.68 bits per heavy atom. The fourth-order valence-corrected chi connectivity index (χ4v) is 5.58. The number of Topliss-reactive ketones (excluding diaryl/α,β-unsaturated/α-hetero) is 1. The molecule has 8 heteroatoms. The molecular formula is C29H37N3O5. The Kier molecular flexibility index (Phi) is 7.85. The van der Waals surface area contributed by atoms with Crippen LogP contribution >= 0.6 is 0 Å². The summed E-state index contributed by atoms with van der Waals surface area (Å²) in [5.41, 5.74) is 2.36. The zero-order valence-electron chi connectivity index (χ0n) is 22.2. The van der Waals surface area contributed by atoms with Crippen LogP contribution in [-0.4, -0.2) is 47.5 Å². The van der Waals surface area contributed by atoms with Crippen LogP contribution in [-0.2, 0) is 27.2 Å². The van der Waals surface area contributed by atoms with Gasteiger partial charge in [0.25, 0.3) is 5.91 Å². The predicted octanol–water partition coefficient (Wildman–Crippen LogP) is 3.45. The number of hydrogen-bond acceptors (Lipinski definition) is 5. The molecule has 3 amide bonds. The van der Waals surface area contributed by atoms with Crippen molar-refractivity contribution in [3.8, 4) is 0 Å². The zero-order chi connectivity index (χ0) is 26.9. The monoisotopic (exact) mass is 507 g/mol. The average Bonchev–Trinajstić information content (AvgIpc) is 3.49. The van der Waals surface area contributed by atoms with Crippen LogP contribution in [0.1, 0.15) is 74.0 Å². The van der Waals surface area contributed by atoms with Crippen molar-refractivity contribution in [2.75, 3.05) is 7.05 Å². The van der Waals surface area contributed by atoms with Crippen molar-refractivity contribution in [3.63, 3.8) is 0 Å². The van der Waals surface area contributed by atoms with Gasteiger partial charge in [-0.1, -0.05) is 52.0 Å². The van der Waals surface area contributed by atoms with E-state index in [4.69, 9.17) is 4.42 Å². The van der Waals surface area contributed by atoms with Gasteiger partial charge in [0.1, 0.15) is 23.9 Å². The maximum Gasteiger partial charge on any atom is 0.286 e. The van der Waals surface area contributed by atoms with Gasteiger partial charge in [-0.3, -0.25) is 19.2 Å². The molecule has 1 aromatic carbocycles. The molecule has 0 spiro atoms. The van der Waals surface area contributed by atoms with E-state index in [1.54, 1.807) is 6.07 Å². The number of nitrogens with one attached hydrogen (secondary N) is 2. The fraction of sp³-hybridized carbons (Fsp3) is 0.517. The normalized spacial score (nSPS) is 20.8. The smallest absolute Gasteiger partial charge is 0.286 e. The fourth-order valence-electron chi connectivity index (χ4n) is 5.58. The van der Waals surface area contributed by atoms with Gasteiger partial charge < -0.3 is 20.0 Å². The minimum absolute atomic E-state index is 0.0424. The lowest BCUT2D eigenvalue weighted by molar-refractivity contribution is -0.158. The third-order valence-corrected chi connectivity index (χ3v) is 7.25. The van der Waals surface area contributed by atoms with Gasteiger partial charge in [-0.15, -0.1) is 0 Å². The molecule has 0 radical (unpaired) electrons. The SMILES string of the molecule is CNC(=O)c1ccc([C@H](C(=O)CC(C)C)N2C(=O)[C@@H](C3Cc4ccccc4C3)NC(=O)[C@H]2CC(C)C)o1. The number of fused-ring (bicyclic) bond motifs is 1. The summed E-state index contributed by atoms with van der Waals surface area (Å²) >= 11 is 0. The van der Waals surface area contributed by atoms with Crippen LogP contribution in [0.25, 0.3) is 0 Å². The molecule has 8 nitrogen and oxygen atoms in total. The minimum Gasteiger partial charge on any atom is -0.453 e. The third-order valence-electron chi connectivity index (χ3n) is 7.25. The molecule has 4 rings (SSSR count). The lowest BCUT2D eigenvalue weighted by Gasteiger charge is -2.44. The highest BCUT2D eigenvalue weighted by Crippen LogP contribution is 2.36. The van der Waals surface area contributed by atoms with Gasteiger partial charge in [-0.05, 0) is 60.3 Å². The van der Waals surface area contributed by atoms with Crippen LogP contribution < -0.4 is 10.6 Å². The topological polar surface area (TPSA) is 109 Å². The van der Waals surface area contributed by atoms with Crippen LogP contribution in [0, 0.1) is 17.8 Å². The molecule has 0 bridgehead atoms. The summed E-state index contributed by atoms with van der Waals surface area (Å²) in [5.74, 6) is -0.861. The van der Waals surface area contributed by atoms with Gasteiger partial charge in [0.15, 0.2) is 11.5 Å². The highest BCUT2D eigenvalue weighted by molar-refractivity contribution is 6.00. The number of nitrogens with zero attached hydrogens (tertiary/aromatic N) is 1. The van der Waals surface area contributed by atoms with E-state index in [0.717, 1.165) is 0 Å². The summed E-state index contributed by atoms with van der Waals surface area (Å²) in [6, 6.07) is 8.50. The second-order valence-corrected chi connectivity index (χ2v) is 11.1. The first-order valence-corrected chi connectivity index (χ1v) is 13.1. The molecule has 37 heavy (non-hydrogen) atoms. The summed E-state index contributed by atoms with van der Waals surface area (Å²) in [4.78, 5) is 55.2. The van der Waals surface area contributed by atoms with Crippen LogP contribution in [0.5, 0.6) is 0 Å². The van der Waals surface area contributed by atoms with Gasteiger partial charge in [-0.25, -0.2) is 0 Å². The molecule has 0 saturated carbocycles. The number of furan rings is 1. The van der Waals surface area contributed by atoms with Gasteiger partial charge in [0, 0.05) is 13.5 Å². The molecule has 1 aliphatic heterocycles. The third kappa shape index (κ3) is 5.48. The Hall–Kier alpha value is -3.42. The van der Waals surface area contributed by atoms with Crippen LogP contribution in [0.4, 0.5) is 0 Å². The maximum absolute atomic E-state index is 14.2. The quantitative estimate of drug-likeness (QED) is 0.540. The van der Waals surface area contributed by atoms with Gasteiger partial charge in [-0.2, -0.15) is 0 Å². The first-order chi connectivity index (χ1) is 17.6.